The summed E-state index contributed by atoms with van der Waals surface area (Å²) >= 11 is 1.61. The molecular formula is C13H18N2O4S. The number of thiophene rings is 1. The molecule has 1 aliphatic rings. The molecule has 0 aromatic carbocycles. The number of methoxy groups -OCH3 is 1. The van der Waals surface area contributed by atoms with Crippen LogP contribution in [0.15, 0.2) is 17.5 Å². The highest BCUT2D eigenvalue weighted by Crippen LogP contribution is 2.08. The maximum absolute atomic E-state index is 11.8. The first-order valence-corrected chi connectivity index (χ1v) is 7.28. The third-order valence-electron chi connectivity index (χ3n) is 3.02. The van der Waals surface area contributed by atoms with Crippen LogP contribution in [-0.4, -0.2) is 56.2 Å². The van der Waals surface area contributed by atoms with Crippen LogP contribution >= 0.6 is 11.3 Å². The van der Waals surface area contributed by atoms with Crippen molar-refractivity contribution in [3.63, 3.8) is 0 Å². The Bertz CT molecular complexity index is 449. The molecule has 0 aliphatic carbocycles. The van der Waals surface area contributed by atoms with Crippen LogP contribution in [-0.2, 0) is 25.6 Å². The van der Waals surface area contributed by atoms with E-state index in [0.29, 0.717) is 26.2 Å². The molecule has 0 spiro atoms. The molecule has 1 aromatic rings. The van der Waals surface area contributed by atoms with Crippen molar-refractivity contribution in [3.05, 3.63) is 22.4 Å². The minimum atomic E-state index is -0.598. The first kappa shape index (κ1) is 15.0. The normalized spacial score (nSPS) is 19.6. The van der Waals surface area contributed by atoms with E-state index in [9.17, 15) is 9.59 Å². The summed E-state index contributed by atoms with van der Waals surface area (Å²) in [5, 5.41) is 4.84. The fourth-order valence-corrected chi connectivity index (χ4v) is 2.62. The van der Waals surface area contributed by atoms with Gasteiger partial charge in [-0.2, -0.15) is 0 Å². The van der Waals surface area contributed by atoms with E-state index in [0.717, 1.165) is 4.88 Å². The van der Waals surface area contributed by atoms with Crippen molar-refractivity contribution in [1.82, 2.24) is 10.2 Å². The minimum Gasteiger partial charge on any atom is -0.467 e. The van der Waals surface area contributed by atoms with Gasteiger partial charge in [0.2, 0.25) is 5.91 Å². The van der Waals surface area contributed by atoms with Gasteiger partial charge in [0.15, 0.2) is 6.10 Å². The molecule has 6 nitrogen and oxygen atoms in total. The standard InChI is InChI=1S/C13H18N2O4S/c1-18-13(17)11-8-15(4-5-19-11)9-12(16)14-7-10-3-2-6-20-10/h2-3,6,11H,4-5,7-9H2,1H3,(H,14,16). The Hall–Kier alpha value is -1.44. The van der Waals surface area contributed by atoms with Crippen LogP contribution in [0, 0.1) is 0 Å². The smallest absolute Gasteiger partial charge is 0.336 e. The molecule has 7 heteroatoms. The molecule has 1 amide bonds. The van der Waals surface area contributed by atoms with E-state index in [1.54, 1.807) is 11.3 Å². The summed E-state index contributed by atoms with van der Waals surface area (Å²) in [7, 11) is 1.33. The Balaban J connectivity index is 1.74. The summed E-state index contributed by atoms with van der Waals surface area (Å²) in [5.74, 6) is -0.447. The van der Waals surface area contributed by atoms with Crippen LogP contribution in [0.4, 0.5) is 0 Å². The molecule has 110 valence electrons. The van der Waals surface area contributed by atoms with Gasteiger partial charge >= 0.3 is 5.97 Å². The van der Waals surface area contributed by atoms with Gasteiger partial charge in [-0.15, -0.1) is 11.3 Å². The largest absolute Gasteiger partial charge is 0.467 e. The van der Waals surface area contributed by atoms with Crippen LogP contribution in [0.5, 0.6) is 0 Å². The second kappa shape index (κ2) is 7.37. The average Bonchev–Trinajstić information content (AvgIpc) is 2.98. The second-order valence-electron chi connectivity index (χ2n) is 4.47. The van der Waals surface area contributed by atoms with E-state index >= 15 is 0 Å². The predicted octanol–water partition coefficient (Wildman–Crippen LogP) is 0.238. The monoisotopic (exact) mass is 298 g/mol. The molecule has 20 heavy (non-hydrogen) atoms. The van der Waals surface area contributed by atoms with Gasteiger partial charge in [0.1, 0.15) is 0 Å². The summed E-state index contributed by atoms with van der Waals surface area (Å²) in [6.07, 6.45) is -0.598. The zero-order valence-corrected chi connectivity index (χ0v) is 12.1. The van der Waals surface area contributed by atoms with Gasteiger partial charge < -0.3 is 14.8 Å². The van der Waals surface area contributed by atoms with Gasteiger partial charge in [0.05, 0.1) is 26.8 Å². The summed E-state index contributed by atoms with van der Waals surface area (Å²) in [4.78, 5) is 26.3. The Morgan fingerprint density at radius 2 is 2.45 bits per heavy atom. The molecule has 1 N–H and O–H groups in total. The maximum Gasteiger partial charge on any atom is 0.336 e. The van der Waals surface area contributed by atoms with Crippen molar-refractivity contribution in [1.29, 1.82) is 0 Å². The van der Waals surface area contributed by atoms with Crippen LogP contribution < -0.4 is 5.32 Å². The summed E-state index contributed by atoms with van der Waals surface area (Å²) in [6.45, 7) is 2.26. The molecule has 2 rings (SSSR count). The Morgan fingerprint density at radius 1 is 1.60 bits per heavy atom. The highest BCUT2D eigenvalue weighted by Gasteiger charge is 2.28. The number of carbonyl (C=O) groups excluding carboxylic acids is 2. The molecule has 1 unspecified atom stereocenters. The van der Waals surface area contributed by atoms with Gasteiger partial charge in [-0.3, -0.25) is 9.69 Å². The molecule has 0 bridgehead atoms. The highest BCUT2D eigenvalue weighted by atomic mass is 32.1. The SMILES string of the molecule is COC(=O)C1CN(CC(=O)NCc2cccs2)CCO1. The van der Waals surface area contributed by atoms with Gasteiger partial charge in [-0.25, -0.2) is 4.79 Å². The first-order chi connectivity index (χ1) is 9.69. The van der Waals surface area contributed by atoms with Crippen molar-refractivity contribution in [3.8, 4) is 0 Å². The van der Waals surface area contributed by atoms with Gasteiger partial charge in [-0.1, -0.05) is 6.07 Å². The lowest BCUT2D eigenvalue weighted by Gasteiger charge is -2.30. The highest BCUT2D eigenvalue weighted by molar-refractivity contribution is 7.09. The van der Waals surface area contributed by atoms with Gasteiger partial charge in [-0.05, 0) is 11.4 Å². The zero-order chi connectivity index (χ0) is 14.4. The number of ether oxygens (including phenoxy) is 2. The number of morpholine rings is 1. The van der Waals surface area contributed by atoms with E-state index in [1.165, 1.54) is 7.11 Å². The first-order valence-electron chi connectivity index (χ1n) is 6.40. The molecule has 1 saturated heterocycles. The third kappa shape index (κ3) is 4.29. The lowest BCUT2D eigenvalue weighted by molar-refractivity contribution is -0.160. The molecule has 1 atom stereocenters. The quantitative estimate of drug-likeness (QED) is 0.789. The number of hydrogen-bond donors (Lipinski definition) is 1. The van der Waals surface area contributed by atoms with Crippen LogP contribution in [0.25, 0.3) is 0 Å². The Labute approximate surface area is 121 Å². The topological polar surface area (TPSA) is 67.9 Å². The number of amides is 1. The number of carbonyl (C=O) groups is 2. The Morgan fingerprint density at radius 3 is 3.15 bits per heavy atom. The number of hydrogen-bond acceptors (Lipinski definition) is 6. The number of nitrogens with one attached hydrogen (secondary N) is 1. The molecule has 2 heterocycles. The molecule has 1 aromatic heterocycles. The molecule has 0 radical (unpaired) electrons. The van der Waals surface area contributed by atoms with E-state index < -0.39 is 12.1 Å². The van der Waals surface area contributed by atoms with Gasteiger partial charge in [0, 0.05) is 18.0 Å². The summed E-state index contributed by atoms with van der Waals surface area (Å²) in [5.41, 5.74) is 0. The molecule has 0 saturated carbocycles. The van der Waals surface area contributed by atoms with Crippen LogP contribution in [0.1, 0.15) is 4.88 Å². The van der Waals surface area contributed by atoms with Crippen molar-refractivity contribution in [2.45, 2.75) is 12.6 Å². The van der Waals surface area contributed by atoms with Crippen LogP contribution in [0.3, 0.4) is 0 Å². The number of nitrogens with zero attached hydrogens (tertiary/aromatic N) is 1. The van der Waals surface area contributed by atoms with Crippen molar-refractivity contribution in [2.24, 2.45) is 0 Å². The molecule has 1 fully saturated rings. The third-order valence-corrected chi connectivity index (χ3v) is 3.90. The van der Waals surface area contributed by atoms with E-state index in [1.807, 2.05) is 22.4 Å². The fraction of sp³-hybridized carbons (Fsp3) is 0.538. The zero-order valence-electron chi connectivity index (χ0n) is 11.3. The van der Waals surface area contributed by atoms with Crippen molar-refractivity contribution in [2.75, 3.05) is 33.4 Å². The Kier molecular flexibility index (Phi) is 5.51. The van der Waals surface area contributed by atoms with Crippen molar-refractivity contribution >= 4 is 23.2 Å². The maximum atomic E-state index is 11.8. The molecular weight excluding hydrogens is 280 g/mol. The predicted molar refractivity (Wildman–Crippen MR) is 74.4 cm³/mol. The van der Waals surface area contributed by atoms with Gasteiger partial charge in [0.25, 0.3) is 0 Å². The minimum absolute atomic E-state index is 0.0519. The van der Waals surface area contributed by atoms with E-state index in [-0.39, 0.29) is 12.5 Å². The summed E-state index contributed by atoms with van der Waals surface area (Å²) < 4.78 is 9.96. The fourth-order valence-electron chi connectivity index (χ4n) is 1.98. The number of rotatable bonds is 5. The number of esters is 1. The summed E-state index contributed by atoms with van der Waals surface area (Å²) in [6, 6.07) is 3.93. The van der Waals surface area contributed by atoms with E-state index in [2.05, 4.69) is 10.1 Å². The average molecular weight is 298 g/mol. The second-order valence-corrected chi connectivity index (χ2v) is 5.51. The lowest BCUT2D eigenvalue weighted by Crippen LogP contribution is -2.49. The lowest BCUT2D eigenvalue weighted by atomic mass is 10.2. The van der Waals surface area contributed by atoms with E-state index in [4.69, 9.17) is 4.74 Å². The van der Waals surface area contributed by atoms with Crippen molar-refractivity contribution < 1.29 is 19.1 Å². The van der Waals surface area contributed by atoms with Crippen LogP contribution in [0.2, 0.25) is 0 Å². The molecule has 1 aliphatic heterocycles.